The fourth-order valence-corrected chi connectivity index (χ4v) is 1.63. The molecule has 0 aliphatic rings. The van der Waals surface area contributed by atoms with E-state index >= 15 is 0 Å². The Kier molecular flexibility index (Phi) is 3.39. The third kappa shape index (κ3) is 2.55. The summed E-state index contributed by atoms with van der Waals surface area (Å²) in [6, 6.07) is 11.4. The van der Waals surface area contributed by atoms with Crippen LogP contribution in [-0.2, 0) is 18.3 Å². The molecule has 1 heterocycles. The summed E-state index contributed by atoms with van der Waals surface area (Å²) in [4.78, 5) is 11.8. The number of benzene rings is 1. The Morgan fingerprint density at radius 2 is 2.17 bits per heavy atom. The van der Waals surface area contributed by atoms with Crippen LogP contribution in [0.5, 0.6) is 0 Å². The number of carbonyl (C=O) groups is 1. The van der Waals surface area contributed by atoms with Crippen LogP contribution in [0.2, 0.25) is 0 Å². The number of hydrogen-bond acceptors (Lipinski definition) is 3. The molecule has 2 rings (SSSR count). The summed E-state index contributed by atoms with van der Waals surface area (Å²) >= 11 is 0. The molecule has 5 heteroatoms. The van der Waals surface area contributed by atoms with Crippen LogP contribution in [0.1, 0.15) is 11.1 Å². The van der Waals surface area contributed by atoms with Gasteiger partial charge < -0.3 is 5.32 Å². The molecule has 0 unspecified atom stereocenters. The van der Waals surface area contributed by atoms with E-state index in [1.165, 1.54) is 10.9 Å². The minimum Gasteiger partial charge on any atom is -0.310 e. The molecule has 1 amide bonds. The summed E-state index contributed by atoms with van der Waals surface area (Å²) in [6.07, 6.45) is 1.70. The third-order valence-corrected chi connectivity index (χ3v) is 2.52. The normalized spacial score (nSPS) is 9.78. The molecule has 0 radical (unpaired) electrons. The van der Waals surface area contributed by atoms with Crippen LogP contribution in [0.25, 0.3) is 0 Å². The zero-order chi connectivity index (χ0) is 13.0. The van der Waals surface area contributed by atoms with Crippen molar-refractivity contribution >= 4 is 11.7 Å². The topological polar surface area (TPSA) is 70.7 Å². The van der Waals surface area contributed by atoms with Gasteiger partial charge in [0.2, 0.25) is 5.91 Å². The first kappa shape index (κ1) is 11.9. The number of rotatable bonds is 3. The van der Waals surface area contributed by atoms with Crippen LogP contribution in [0.15, 0.2) is 36.5 Å². The first-order chi connectivity index (χ1) is 8.70. The van der Waals surface area contributed by atoms with Crippen LogP contribution in [0.3, 0.4) is 0 Å². The van der Waals surface area contributed by atoms with Gasteiger partial charge >= 0.3 is 0 Å². The number of aryl methyl sites for hydroxylation is 1. The quantitative estimate of drug-likeness (QED) is 0.883. The van der Waals surface area contributed by atoms with Gasteiger partial charge in [-0.05, 0) is 5.56 Å². The van der Waals surface area contributed by atoms with Crippen molar-refractivity contribution in [2.24, 2.45) is 7.05 Å². The number of nitrogens with one attached hydrogen (secondary N) is 1. The average Bonchev–Trinajstić information content (AvgIpc) is 2.72. The predicted molar refractivity (Wildman–Crippen MR) is 66.7 cm³/mol. The van der Waals surface area contributed by atoms with Gasteiger partial charge in [-0.15, -0.1) is 0 Å². The lowest BCUT2D eigenvalue weighted by molar-refractivity contribution is -0.115. The van der Waals surface area contributed by atoms with E-state index in [0.29, 0.717) is 11.4 Å². The fourth-order valence-electron chi connectivity index (χ4n) is 1.63. The van der Waals surface area contributed by atoms with E-state index in [4.69, 9.17) is 5.26 Å². The summed E-state index contributed by atoms with van der Waals surface area (Å²) in [6.45, 7) is 0. The maximum absolute atomic E-state index is 11.8. The molecule has 0 saturated heterocycles. The van der Waals surface area contributed by atoms with Gasteiger partial charge in [0.1, 0.15) is 17.5 Å². The number of anilines is 1. The average molecular weight is 240 g/mol. The van der Waals surface area contributed by atoms with E-state index in [1.54, 1.807) is 7.05 Å². The van der Waals surface area contributed by atoms with E-state index in [-0.39, 0.29) is 12.3 Å². The summed E-state index contributed by atoms with van der Waals surface area (Å²) in [7, 11) is 1.68. The zero-order valence-corrected chi connectivity index (χ0v) is 9.92. The lowest BCUT2D eigenvalue weighted by Crippen LogP contribution is -2.17. The Bertz CT molecular complexity index is 595. The van der Waals surface area contributed by atoms with Crippen LogP contribution in [-0.4, -0.2) is 15.7 Å². The van der Waals surface area contributed by atoms with E-state index in [2.05, 4.69) is 10.4 Å². The molecule has 5 nitrogen and oxygen atoms in total. The van der Waals surface area contributed by atoms with Crippen LogP contribution >= 0.6 is 0 Å². The molecular weight excluding hydrogens is 228 g/mol. The highest BCUT2D eigenvalue weighted by Crippen LogP contribution is 2.13. The molecule has 1 aromatic heterocycles. The second-order valence-electron chi connectivity index (χ2n) is 3.85. The molecule has 0 saturated carbocycles. The molecule has 2 aromatic rings. The van der Waals surface area contributed by atoms with Gasteiger partial charge in [-0.2, -0.15) is 10.4 Å². The number of aromatic nitrogens is 2. The maximum Gasteiger partial charge on any atom is 0.229 e. The van der Waals surface area contributed by atoms with Crippen molar-refractivity contribution in [2.75, 3.05) is 5.32 Å². The van der Waals surface area contributed by atoms with Crippen LogP contribution < -0.4 is 5.32 Å². The SMILES string of the molecule is Cn1ncc(C#N)c1NC(=O)Cc1ccccc1. The minimum atomic E-state index is -0.165. The summed E-state index contributed by atoms with van der Waals surface area (Å²) in [5.74, 6) is 0.264. The lowest BCUT2D eigenvalue weighted by atomic mass is 10.1. The van der Waals surface area contributed by atoms with Crippen molar-refractivity contribution in [1.82, 2.24) is 9.78 Å². The second kappa shape index (κ2) is 5.15. The van der Waals surface area contributed by atoms with Gasteiger partial charge in [-0.1, -0.05) is 30.3 Å². The molecule has 1 N–H and O–H groups in total. The highest BCUT2D eigenvalue weighted by molar-refractivity contribution is 5.92. The van der Waals surface area contributed by atoms with Crippen molar-refractivity contribution in [3.8, 4) is 6.07 Å². The predicted octanol–water partition coefficient (Wildman–Crippen LogP) is 1.47. The highest BCUT2D eigenvalue weighted by Gasteiger charge is 2.11. The Morgan fingerprint density at radius 1 is 1.44 bits per heavy atom. The first-order valence-electron chi connectivity index (χ1n) is 5.46. The Morgan fingerprint density at radius 3 is 2.83 bits per heavy atom. The van der Waals surface area contributed by atoms with Gasteiger partial charge in [-0.3, -0.25) is 9.48 Å². The first-order valence-corrected chi connectivity index (χ1v) is 5.46. The highest BCUT2D eigenvalue weighted by atomic mass is 16.1. The van der Waals surface area contributed by atoms with E-state index in [9.17, 15) is 4.79 Å². The third-order valence-electron chi connectivity index (χ3n) is 2.52. The molecule has 0 fully saturated rings. The number of amides is 1. The number of carbonyl (C=O) groups excluding carboxylic acids is 1. The van der Waals surface area contributed by atoms with Gasteiger partial charge in [0, 0.05) is 7.05 Å². The number of hydrogen-bond donors (Lipinski definition) is 1. The summed E-state index contributed by atoms with van der Waals surface area (Å²) in [5.41, 5.74) is 1.29. The van der Waals surface area contributed by atoms with E-state index in [1.807, 2.05) is 36.4 Å². The maximum atomic E-state index is 11.8. The van der Waals surface area contributed by atoms with E-state index in [0.717, 1.165) is 5.56 Å². The molecular formula is C13H12N4O. The Labute approximate surface area is 105 Å². The molecule has 0 aliphatic carbocycles. The standard InChI is InChI=1S/C13H12N4O/c1-17-13(11(8-14)9-15-17)16-12(18)7-10-5-3-2-4-6-10/h2-6,9H,7H2,1H3,(H,16,18). The number of nitrogens with zero attached hydrogens (tertiary/aromatic N) is 3. The number of nitriles is 1. The van der Waals surface area contributed by atoms with Crippen molar-refractivity contribution in [3.05, 3.63) is 47.7 Å². The van der Waals surface area contributed by atoms with Gasteiger partial charge in [-0.25, -0.2) is 0 Å². The molecule has 0 aliphatic heterocycles. The lowest BCUT2D eigenvalue weighted by Gasteiger charge is -2.05. The zero-order valence-electron chi connectivity index (χ0n) is 9.92. The summed E-state index contributed by atoms with van der Waals surface area (Å²) in [5, 5.41) is 15.5. The van der Waals surface area contributed by atoms with Crippen LogP contribution in [0.4, 0.5) is 5.82 Å². The molecule has 0 atom stereocenters. The Balaban J connectivity index is 2.08. The second-order valence-corrected chi connectivity index (χ2v) is 3.85. The Hall–Kier alpha value is -2.61. The largest absolute Gasteiger partial charge is 0.310 e. The van der Waals surface area contributed by atoms with Crippen LogP contribution in [0, 0.1) is 11.3 Å². The smallest absolute Gasteiger partial charge is 0.229 e. The molecule has 0 spiro atoms. The van der Waals surface area contributed by atoms with Gasteiger partial charge in [0.05, 0.1) is 12.6 Å². The monoisotopic (exact) mass is 240 g/mol. The molecule has 90 valence electrons. The van der Waals surface area contributed by atoms with E-state index < -0.39 is 0 Å². The van der Waals surface area contributed by atoms with Gasteiger partial charge in [0.15, 0.2) is 0 Å². The fraction of sp³-hybridized carbons (Fsp3) is 0.154. The summed E-state index contributed by atoms with van der Waals surface area (Å²) < 4.78 is 1.47. The van der Waals surface area contributed by atoms with Crippen molar-refractivity contribution in [2.45, 2.75) is 6.42 Å². The minimum absolute atomic E-state index is 0.165. The van der Waals surface area contributed by atoms with Crippen molar-refractivity contribution < 1.29 is 4.79 Å². The molecule has 0 bridgehead atoms. The van der Waals surface area contributed by atoms with Crippen molar-refractivity contribution in [1.29, 1.82) is 5.26 Å². The molecule has 1 aromatic carbocycles. The van der Waals surface area contributed by atoms with Crippen molar-refractivity contribution in [3.63, 3.8) is 0 Å². The molecule has 18 heavy (non-hydrogen) atoms. The van der Waals surface area contributed by atoms with Gasteiger partial charge in [0.25, 0.3) is 0 Å².